The van der Waals surface area contributed by atoms with Crippen molar-refractivity contribution in [2.24, 2.45) is 0 Å². The Morgan fingerprint density at radius 1 is 1.03 bits per heavy atom. The molecule has 0 saturated carbocycles. The summed E-state index contributed by atoms with van der Waals surface area (Å²) in [6, 6.07) is 6.21. The third-order valence-electron chi connectivity index (χ3n) is 5.58. The first-order valence-corrected chi connectivity index (χ1v) is 14.5. The fourth-order valence-electron chi connectivity index (χ4n) is 3.81. The summed E-state index contributed by atoms with van der Waals surface area (Å²) >= 11 is 1.60. The van der Waals surface area contributed by atoms with Gasteiger partial charge in [-0.2, -0.15) is 11.8 Å². The van der Waals surface area contributed by atoms with E-state index in [0.717, 1.165) is 36.8 Å². The second-order valence-corrected chi connectivity index (χ2v) is 11.4. The van der Waals surface area contributed by atoms with E-state index in [9.17, 15) is 14.4 Å². The highest BCUT2D eigenvalue weighted by Gasteiger charge is 2.36. The van der Waals surface area contributed by atoms with Gasteiger partial charge in [0.25, 0.3) is 0 Å². The molecule has 0 aliphatic heterocycles. The van der Waals surface area contributed by atoms with Crippen molar-refractivity contribution in [2.75, 3.05) is 18.6 Å². The van der Waals surface area contributed by atoms with Gasteiger partial charge in [0.1, 0.15) is 17.7 Å². The molecule has 0 aliphatic rings. The molecule has 0 spiro atoms. The monoisotopic (exact) mass is 521 g/mol. The summed E-state index contributed by atoms with van der Waals surface area (Å²) in [4.78, 5) is 41.8. The Balaban J connectivity index is 3.44. The van der Waals surface area contributed by atoms with Gasteiger partial charge >= 0.3 is 6.09 Å². The quantitative estimate of drug-likeness (QED) is 0.317. The van der Waals surface area contributed by atoms with E-state index in [4.69, 9.17) is 4.74 Å². The first-order chi connectivity index (χ1) is 16.9. The Labute approximate surface area is 222 Å². The predicted molar refractivity (Wildman–Crippen MR) is 149 cm³/mol. The van der Waals surface area contributed by atoms with E-state index in [2.05, 4.69) is 24.5 Å². The number of ether oxygens (including phenoxy) is 1. The molecule has 0 aliphatic carbocycles. The van der Waals surface area contributed by atoms with Gasteiger partial charge in [-0.1, -0.05) is 51.0 Å². The van der Waals surface area contributed by atoms with Crippen LogP contribution in [0.25, 0.3) is 0 Å². The SMILES string of the molecule is CCCCCN(C(=O)C(CCSC)NC(=O)OC(C)(C)C)C(C(=O)NC(C)C)c1ccc(CC)cc1. The lowest BCUT2D eigenvalue weighted by Gasteiger charge is -2.35. The maximum absolute atomic E-state index is 14.0. The van der Waals surface area contributed by atoms with Crippen LogP contribution in [-0.4, -0.2) is 59.0 Å². The number of carbonyl (C=O) groups excluding carboxylic acids is 3. The van der Waals surface area contributed by atoms with Gasteiger partial charge in [-0.25, -0.2) is 4.79 Å². The van der Waals surface area contributed by atoms with Crippen molar-refractivity contribution in [3.8, 4) is 0 Å². The number of nitrogens with zero attached hydrogens (tertiary/aromatic N) is 1. The van der Waals surface area contributed by atoms with Crippen molar-refractivity contribution in [1.29, 1.82) is 0 Å². The number of unbranched alkanes of at least 4 members (excludes halogenated alkanes) is 2. The zero-order chi connectivity index (χ0) is 27.3. The van der Waals surface area contributed by atoms with E-state index in [1.54, 1.807) is 37.4 Å². The predicted octanol–water partition coefficient (Wildman–Crippen LogP) is 5.48. The van der Waals surface area contributed by atoms with Crippen LogP contribution in [0.15, 0.2) is 24.3 Å². The number of hydrogen-bond donors (Lipinski definition) is 2. The first-order valence-electron chi connectivity index (χ1n) is 13.1. The fraction of sp³-hybridized carbons (Fsp3) is 0.679. The third-order valence-corrected chi connectivity index (χ3v) is 6.22. The average Bonchev–Trinajstić information content (AvgIpc) is 2.79. The van der Waals surface area contributed by atoms with Gasteiger partial charge in [-0.3, -0.25) is 9.59 Å². The topological polar surface area (TPSA) is 87.7 Å². The minimum atomic E-state index is -0.793. The van der Waals surface area contributed by atoms with E-state index in [1.165, 1.54) is 0 Å². The molecule has 36 heavy (non-hydrogen) atoms. The molecular weight excluding hydrogens is 474 g/mol. The van der Waals surface area contributed by atoms with E-state index >= 15 is 0 Å². The maximum atomic E-state index is 14.0. The highest BCUT2D eigenvalue weighted by atomic mass is 32.2. The molecule has 0 bridgehead atoms. The van der Waals surface area contributed by atoms with Crippen molar-refractivity contribution in [3.63, 3.8) is 0 Å². The van der Waals surface area contributed by atoms with Crippen LogP contribution in [-0.2, 0) is 20.7 Å². The van der Waals surface area contributed by atoms with Crippen LogP contribution in [0.2, 0.25) is 0 Å². The Morgan fingerprint density at radius 3 is 2.17 bits per heavy atom. The third kappa shape index (κ3) is 11.2. The lowest BCUT2D eigenvalue weighted by molar-refractivity contribution is -0.142. The molecule has 204 valence electrons. The summed E-state index contributed by atoms with van der Waals surface area (Å²) < 4.78 is 5.44. The van der Waals surface area contributed by atoms with E-state index in [-0.39, 0.29) is 17.9 Å². The van der Waals surface area contributed by atoms with Gasteiger partial charge in [0.2, 0.25) is 11.8 Å². The Bertz CT molecular complexity index is 821. The Hall–Kier alpha value is -2.22. The van der Waals surface area contributed by atoms with Crippen LogP contribution in [0.3, 0.4) is 0 Å². The molecule has 0 radical (unpaired) electrons. The smallest absolute Gasteiger partial charge is 0.408 e. The summed E-state index contributed by atoms with van der Waals surface area (Å²) in [5, 5.41) is 5.79. The van der Waals surface area contributed by atoms with Crippen LogP contribution >= 0.6 is 11.8 Å². The molecular formula is C28H47N3O4S. The van der Waals surface area contributed by atoms with Crippen LogP contribution < -0.4 is 10.6 Å². The van der Waals surface area contributed by atoms with E-state index in [1.807, 2.05) is 44.4 Å². The molecule has 0 saturated heterocycles. The normalized spacial score (nSPS) is 13.1. The van der Waals surface area contributed by atoms with Gasteiger partial charge in [-0.15, -0.1) is 0 Å². The summed E-state index contributed by atoms with van der Waals surface area (Å²) in [5.41, 5.74) is 1.24. The lowest BCUT2D eigenvalue weighted by Crippen LogP contribution is -2.54. The molecule has 1 aromatic carbocycles. The van der Waals surface area contributed by atoms with Crippen molar-refractivity contribution >= 4 is 29.7 Å². The van der Waals surface area contributed by atoms with Gasteiger partial charge in [0.05, 0.1) is 0 Å². The van der Waals surface area contributed by atoms with Gasteiger partial charge in [0, 0.05) is 12.6 Å². The average molecular weight is 522 g/mol. The van der Waals surface area contributed by atoms with Crippen molar-refractivity contribution in [1.82, 2.24) is 15.5 Å². The molecule has 0 aromatic heterocycles. The number of hydrogen-bond acceptors (Lipinski definition) is 5. The van der Waals surface area contributed by atoms with Crippen LogP contribution in [0.1, 0.15) is 91.3 Å². The fourth-order valence-corrected chi connectivity index (χ4v) is 4.29. The number of carbonyl (C=O) groups is 3. The van der Waals surface area contributed by atoms with Gasteiger partial charge in [0.15, 0.2) is 0 Å². The zero-order valence-electron chi connectivity index (χ0n) is 23.5. The van der Waals surface area contributed by atoms with E-state index in [0.29, 0.717) is 18.7 Å². The van der Waals surface area contributed by atoms with Crippen LogP contribution in [0, 0.1) is 0 Å². The number of aryl methyl sites for hydroxylation is 1. The summed E-state index contributed by atoms with van der Waals surface area (Å²) in [6.07, 6.45) is 5.35. The van der Waals surface area contributed by atoms with Crippen molar-refractivity contribution in [3.05, 3.63) is 35.4 Å². The van der Waals surface area contributed by atoms with Gasteiger partial charge in [-0.05, 0) is 77.0 Å². The highest BCUT2D eigenvalue weighted by Crippen LogP contribution is 2.25. The lowest BCUT2D eigenvalue weighted by atomic mass is 9.99. The molecule has 8 heteroatoms. The maximum Gasteiger partial charge on any atom is 0.408 e. The largest absolute Gasteiger partial charge is 0.444 e. The molecule has 2 N–H and O–H groups in total. The molecule has 2 atom stereocenters. The number of nitrogens with one attached hydrogen (secondary N) is 2. The minimum Gasteiger partial charge on any atom is -0.444 e. The minimum absolute atomic E-state index is 0.0744. The number of alkyl carbamates (subject to hydrolysis) is 1. The summed E-state index contributed by atoms with van der Waals surface area (Å²) in [6.45, 7) is 13.8. The number of thioether (sulfide) groups is 1. The standard InChI is InChI=1S/C28H47N3O4S/c1-9-11-12-18-31(26(33)23(17-19-36-8)30-27(34)35-28(5,6)7)24(25(32)29-20(3)4)22-15-13-21(10-2)14-16-22/h13-16,20,23-24H,9-12,17-19H2,1-8H3,(H,29,32)(H,30,34). The number of amides is 3. The second kappa shape index (κ2) is 15.8. The molecule has 0 heterocycles. The molecule has 0 fully saturated rings. The Kier molecular flexibility index (Phi) is 14.0. The molecule has 7 nitrogen and oxygen atoms in total. The number of benzene rings is 1. The van der Waals surface area contributed by atoms with E-state index < -0.39 is 23.8 Å². The zero-order valence-corrected chi connectivity index (χ0v) is 24.3. The second-order valence-electron chi connectivity index (χ2n) is 10.4. The summed E-state index contributed by atoms with van der Waals surface area (Å²) in [5.74, 6) is 0.192. The molecule has 2 unspecified atom stereocenters. The number of rotatable bonds is 14. The van der Waals surface area contributed by atoms with Crippen molar-refractivity contribution in [2.45, 2.75) is 104 Å². The first kappa shape index (κ1) is 31.8. The van der Waals surface area contributed by atoms with Crippen molar-refractivity contribution < 1.29 is 19.1 Å². The molecule has 3 amide bonds. The molecule has 1 aromatic rings. The van der Waals surface area contributed by atoms with Crippen LogP contribution in [0.4, 0.5) is 4.79 Å². The van der Waals surface area contributed by atoms with Gasteiger partial charge < -0.3 is 20.3 Å². The summed E-state index contributed by atoms with van der Waals surface area (Å²) in [7, 11) is 0. The highest BCUT2D eigenvalue weighted by molar-refractivity contribution is 7.98. The Morgan fingerprint density at radius 2 is 1.67 bits per heavy atom. The van der Waals surface area contributed by atoms with Crippen LogP contribution in [0.5, 0.6) is 0 Å². The molecule has 1 rings (SSSR count).